The van der Waals surface area contributed by atoms with E-state index in [4.69, 9.17) is 4.98 Å². The molecule has 0 spiro atoms. The summed E-state index contributed by atoms with van der Waals surface area (Å²) in [5, 5.41) is 5.74. The maximum atomic E-state index is 4.83. The lowest BCUT2D eigenvalue weighted by Crippen LogP contribution is -2.49. The molecule has 3 aromatic heterocycles. The first-order valence-electron chi connectivity index (χ1n) is 12.8. The molecule has 4 aromatic carbocycles. The number of rotatable bonds is 2. The van der Waals surface area contributed by atoms with E-state index in [1.807, 2.05) is 24.4 Å². The predicted molar refractivity (Wildman–Crippen MR) is 157 cm³/mol. The van der Waals surface area contributed by atoms with E-state index in [0.717, 1.165) is 16.9 Å². The molecule has 4 heterocycles. The summed E-state index contributed by atoms with van der Waals surface area (Å²) in [4.78, 5) is 4.83. The zero-order valence-corrected chi connectivity index (χ0v) is 21.8. The van der Waals surface area contributed by atoms with E-state index >= 15 is 0 Å². The van der Waals surface area contributed by atoms with Gasteiger partial charge in [0.05, 0.1) is 16.7 Å². The Kier molecular flexibility index (Phi) is 4.10. The molecule has 0 unspecified atom stereocenters. The molecule has 176 valence electrons. The van der Waals surface area contributed by atoms with E-state index in [1.165, 1.54) is 43.8 Å². The van der Waals surface area contributed by atoms with Crippen molar-refractivity contribution < 1.29 is 0 Å². The summed E-state index contributed by atoms with van der Waals surface area (Å²) in [6, 6.07) is 37.6. The molecule has 0 atom stereocenters. The van der Waals surface area contributed by atoms with Crippen LogP contribution in [0.3, 0.4) is 0 Å². The lowest BCUT2D eigenvalue weighted by molar-refractivity contribution is 1.18. The van der Waals surface area contributed by atoms with Crippen molar-refractivity contribution in [3.05, 3.63) is 116 Å². The van der Waals surface area contributed by atoms with Crippen LogP contribution in [0.2, 0.25) is 13.1 Å². The molecule has 1 aliphatic heterocycles. The van der Waals surface area contributed by atoms with Crippen LogP contribution in [-0.2, 0) is 0 Å². The molecule has 0 radical (unpaired) electrons. The molecule has 3 nitrogen and oxygen atoms in total. The highest BCUT2D eigenvalue weighted by Crippen LogP contribution is 2.38. The minimum absolute atomic E-state index is 0.964. The third-order valence-corrected chi connectivity index (χ3v) is 11.7. The van der Waals surface area contributed by atoms with Crippen molar-refractivity contribution in [2.24, 2.45) is 0 Å². The van der Waals surface area contributed by atoms with Gasteiger partial charge in [-0.2, -0.15) is 0 Å². The van der Waals surface area contributed by atoms with Gasteiger partial charge in [0.2, 0.25) is 0 Å². The van der Waals surface area contributed by atoms with Crippen LogP contribution < -0.4 is 10.4 Å². The van der Waals surface area contributed by atoms with Crippen LogP contribution in [0.25, 0.3) is 55.5 Å². The Hall–Kier alpha value is -4.41. The predicted octanol–water partition coefficient (Wildman–Crippen LogP) is 6.90. The second-order valence-corrected chi connectivity index (χ2v) is 14.8. The minimum Gasteiger partial charge on any atom is -0.309 e. The Balaban J connectivity index is 1.39. The van der Waals surface area contributed by atoms with Crippen LogP contribution in [0.5, 0.6) is 0 Å². The van der Waals surface area contributed by atoms with E-state index in [1.54, 1.807) is 5.19 Å². The molecule has 7 aromatic rings. The van der Waals surface area contributed by atoms with Gasteiger partial charge < -0.3 is 8.97 Å². The molecule has 8 rings (SSSR count). The quantitative estimate of drug-likeness (QED) is 0.241. The number of para-hydroxylation sites is 1. The summed E-state index contributed by atoms with van der Waals surface area (Å²) in [6.07, 6.45) is 4.14. The Bertz CT molecular complexity index is 1970. The first-order chi connectivity index (χ1) is 18.1. The van der Waals surface area contributed by atoms with E-state index in [2.05, 4.69) is 113 Å². The van der Waals surface area contributed by atoms with Gasteiger partial charge in [-0.15, -0.1) is 0 Å². The lowest BCUT2D eigenvalue weighted by atomic mass is 10.0. The van der Waals surface area contributed by atoms with Crippen molar-refractivity contribution in [2.45, 2.75) is 13.1 Å². The van der Waals surface area contributed by atoms with Gasteiger partial charge in [-0.05, 0) is 51.8 Å². The number of hydrogen-bond acceptors (Lipinski definition) is 1. The number of nitrogens with zero attached hydrogens (tertiary/aromatic N) is 3. The zero-order valence-electron chi connectivity index (χ0n) is 20.8. The summed E-state index contributed by atoms with van der Waals surface area (Å²) in [6.45, 7) is 5.01. The first kappa shape index (κ1) is 20.7. The Morgan fingerprint density at radius 3 is 2.32 bits per heavy atom. The largest absolute Gasteiger partial charge is 0.309 e. The highest BCUT2D eigenvalue weighted by Gasteiger charge is 2.40. The maximum absolute atomic E-state index is 4.83. The highest BCUT2D eigenvalue weighted by atomic mass is 28.3. The molecule has 0 saturated heterocycles. The van der Waals surface area contributed by atoms with Crippen LogP contribution in [-0.4, -0.2) is 22.0 Å². The van der Waals surface area contributed by atoms with Crippen LogP contribution in [0.1, 0.15) is 0 Å². The number of imidazole rings is 1. The fourth-order valence-electron chi connectivity index (χ4n) is 6.44. The second-order valence-electron chi connectivity index (χ2n) is 10.5. The summed E-state index contributed by atoms with van der Waals surface area (Å²) in [7, 11) is -1.89. The van der Waals surface area contributed by atoms with Crippen molar-refractivity contribution in [3.8, 4) is 28.1 Å². The van der Waals surface area contributed by atoms with Gasteiger partial charge in [0.25, 0.3) is 0 Å². The highest BCUT2D eigenvalue weighted by molar-refractivity contribution is 7.05. The molecule has 0 aliphatic carbocycles. The number of aromatic nitrogens is 3. The summed E-state index contributed by atoms with van der Waals surface area (Å²) in [5.74, 6) is 0. The Labute approximate surface area is 216 Å². The van der Waals surface area contributed by atoms with Gasteiger partial charge in [0.1, 0.15) is 13.7 Å². The Morgan fingerprint density at radius 2 is 1.46 bits per heavy atom. The number of benzene rings is 4. The van der Waals surface area contributed by atoms with E-state index in [-0.39, 0.29) is 0 Å². The van der Waals surface area contributed by atoms with Crippen LogP contribution in [0.15, 0.2) is 116 Å². The molecule has 0 N–H and O–H groups in total. The van der Waals surface area contributed by atoms with Crippen LogP contribution >= 0.6 is 0 Å². The van der Waals surface area contributed by atoms with E-state index < -0.39 is 8.07 Å². The summed E-state index contributed by atoms with van der Waals surface area (Å²) in [5.41, 5.74) is 9.71. The summed E-state index contributed by atoms with van der Waals surface area (Å²) >= 11 is 0. The van der Waals surface area contributed by atoms with Crippen molar-refractivity contribution in [1.82, 2.24) is 14.0 Å². The molecule has 0 amide bonds. The minimum atomic E-state index is -1.89. The van der Waals surface area contributed by atoms with Crippen molar-refractivity contribution in [3.63, 3.8) is 0 Å². The van der Waals surface area contributed by atoms with E-state index in [9.17, 15) is 0 Å². The van der Waals surface area contributed by atoms with Gasteiger partial charge in [-0.1, -0.05) is 85.9 Å². The van der Waals surface area contributed by atoms with Crippen molar-refractivity contribution in [1.29, 1.82) is 0 Å². The average molecular weight is 492 g/mol. The van der Waals surface area contributed by atoms with Crippen molar-refractivity contribution in [2.75, 3.05) is 0 Å². The SMILES string of the molecule is C[Si]1(C)c2ccccc2-c2ccc3c4ccccc4n(-c4ccc(-c5cn6ccccc6n5)cc4)c3c21. The molecule has 0 saturated carbocycles. The van der Waals surface area contributed by atoms with Crippen LogP contribution in [0.4, 0.5) is 0 Å². The normalized spacial score (nSPS) is 13.9. The van der Waals surface area contributed by atoms with Gasteiger partial charge in [0, 0.05) is 34.4 Å². The summed E-state index contributed by atoms with van der Waals surface area (Å²) < 4.78 is 4.57. The van der Waals surface area contributed by atoms with Gasteiger partial charge in [-0.25, -0.2) is 4.98 Å². The van der Waals surface area contributed by atoms with Crippen molar-refractivity contribution >= 4 is 45.9 Å². The lowest BCUT2D eigenvalue weighted by Gasteiger charge is -2.21. The smallest absolute Gasteiger partial charge is 0.137 e. The number of pyridine rings is 1. The zero-order chi connectivity index (χ0) is 24.7. The molecule has 0 fully saturated rings. The topological polar surface area (TPSA) is 22.2 Å². The van der Waals surface area contributed by atoms with Gasteiger partial charge >= 0.3 is 0 Å². The second kappa shape index (κ2) is 7.31. The van der Waals surface area contributed by atoms with Crippen LogP contribution in [0, 0.1) is 0 Å². The molecule has 4 heteroatoms. The van der Waals surface area contributed by atoms with Gasteiger partial charge in [0.15, 0.2) is 0 Å². The standard InChI is InChI=1S/C33H25N3Si/c1-37(2)30-12-6-4-10-25(30)27-19-18-26-24-9-3-5-11-29(24)36(32(26)33(27)37)23-16-14-22(15-17-23)28-21-35-20-8-7-13-31(35)34-28/h3-21H,1-2H3. The average Bonchev–Trinajstić information content (AvgIpc) is 3.58. The third kappa shape index (κ3) is 2.79. The molecule has 37 heavy (non-hydrogen) atoms. The molecular formula is C33H25N3Si. The first-order valence-corrected chi connectivity index (χ1v) is 15.8. The fourth-order valence-corrected chi connectivity index (χ4v) is 9.84. The molecule has 0 bridgehead atoms. The third-order valence-electron chi connectivity index (χ3n) is 8.14. The fraction of sp³-hybridized carbons (Fsp3) is 0.0606. The monoisotopic (exact) mass is 491 g/mol. The van der Waals surface area contributed by atoms with E-state index in [0.29, 0.717) is 0 Å². The Morgan fingerprint density at radius 1 is 0.676 bits per heavy atom. The number of fused-ring (bicyclic) bond motifs is 8. The maximum Gasteiger partial charge on any atom is 0.137 e. The molecular weight excluding hydrogens is 466 g/mol. The molecule has 1 aliphatic rings. The van der Waals surface area contributed by atoms with Gasteiger partial charge in [-0.3, -0.25) is 0 Å². The number of hydrogen-bond donors (Lipinski definition) is 0.